The van der Waals surface area contributed by atoms with Crippen LogP contribution < -0.4 is 0 Å². The molecule has 1 N–H and O–H groups in total. The molecule has 0 aromatic heterocycles. The first-order valence-corrected chi connectivity index (χ1v) is 9.93. The first-order chi connectivity index (χ1) is 11.9. The first kappa shape index (κ1) is 18.1. The Morgan fingerprint density at radius 3 is 2.28 bits per heavy atom. The lowest BCUT2D eigenvalue weighted by molar-refractivity contribution is 0.155. The fraction of sp³-hybridized carbons (Fsp3) is 0.368. The summed E-state index contributed by atoms with van der Waals surface area (Å²) in [5.74, 6) is 0. The lowest BCUT2D eigenvalue weighted by Crippen LogP contribution is -2.45. The predicted octanol–water partition coefficient (Wildman–Crippen LogP) is 2.39. The van der Waals surface area contributed by atoms with Crippen LogP contribution in [0.2, 0.25) is 0 Å². The summed E-state index contributed by atoms with van der Waals surface area (Å²) in [4.78, 5) is 4.77. The standard InChI is InChI=1S/C19H24N2O3S/c1-20-11-13-21(14-12-20)10-9-16-3-2-4-18(15-16)17-5-7-19(8-6-17)25(22,23)24/h2-8,15H,9-14H2,1H3,(H,22,23,24). The summed E-state index contributed by atoms with van der Waals surface area (Å²) in [6.45, 7) is 5.54. The molecule has 2 aromatic carbocycles. The molecule has 0 aliphatic carbocycles. The highest BCUT2D eigenvalue weighted by Crippen LogP contribution is 2.22. The van der Waals surface area contributed by atoms with E-state index in [-0.39, 0.29) is 4.90 Å². The third-order valence-corrected chi connectivity index (χ3v) is 5.59. The topological polar surface area (TPSA) is 60.9 Å². The molecule has 2 aromatic rings. The molecule has 1 heterocycles. The monoisotopic (exact) mass is 360 g/mol. The van der Waals surface area contributed by atoms with E-state index in [9.17, 15) is 8.42 Å². The van der Waals surface area contributed by atoms with Crippen LogP contribution in [0.5, 0.6) is 0 Å². The molecule has 0 saturated carbocycles. The largest absolute Gasteiger partial charge is 0.304 e. The molecule has 1 fully saturated rings. The average Bonchev–Trinajstić information content (AvgIpc) is 2.61. The second-order valence-electron chi connectivity index (χ2n) is 6.59. The molecule has 0 spiro atoms. The molecule has 1 aliphatic heterocycles. The van der Waals surface area contributed by atoms with Crippen LogP contribution in [-0.4, -0.2) is 62.5 Å². The zero-order valence-electron chi connectivity index (χ0n) is 14.4. The van der Waals surface area contributed by atoms with Crippen molar-refractivity contribution < 1.29 is 13.0 Å². The molecular weight excluding hydrogens is 336 g/mol. The molecule has 1 aliphatic rings. The van der Waals surface area contributed by atoms with E-state index >= 15 is 0 Å². The summed E-state index contributed by atoms with van der Waals surface area (Å²) in [5, 5.41) is 0. The Morgan fingerprint density at radius 1 is 0.960 bits per heavy atom. The fourth-order valence-corrected chi connectivity index (χ4v) is 3.56. The van der Waals surface area contributed by atoms with Gasteiger partial charge in [0.15, 0.2) is 0 Å². The molecule has 0 amide bonds. The summed E-state index contributed by atoms with van der Waals surface area (Å²) in [6.07, 6.45) is 1.00. The Kier molecular flexibility index (Phi) is 5.54. The molecule has 3 rings (SSSR count). The molecule has 0 atom stereocenters. The van der Waals surface area contributed by atoms with Crippen molar-refractivity contribution in [3.05, 3.63) is 54.1 Å². The summed E-state index contributed by atoms with van der Waals surface area (Å²) in [5.41, 5.74) is 3.27. The van der Waals surface area contributed by atoms with E-state index in [0.29, 0.717) is 0 Å². The van der Waals surface area contributed by atoms with Crippen molar-refractivity contribution in [2.75, 3.05) is 39.8 Å². The van der Waals surface area contributed by atoms with Gasteiger partial charge in [-0.05, 0) is 42.3 Å². The minimum absolute atomic E-state index is 0.0810. The van der Waals surface area contributed by atoms with Gasteiger partial charge < -0.3 is 9.80 Å². The summed E-state index contributed by atoms with van der Waals surface area (Å²) < 4.78 is 31.3. The van der Waals surface area contributed by atoms with Gasteiger partial charge in [0.25, 0.3) is 10.1 Å². The van der Waals surface area contributed by atoms with Gasteiger partial charge in [-0.3, -0.25) is 4.55 Å². The fourth-order valence-electron chi connectivity index (χ4n) is 3.08. The van der Waals surface area contributed by atoms with Gasteiger partial charge in [-0.15, -0.1) is 0 Å². The first-order valence-electron chi connectivity index (χ1n) is 8.49. The van der Waals surface area contributed by atoms with Crippen molar-refractivity contribution in [1.29, 1.82) is 0 Å². The van der Waals surface area contributed by atoms with Gasteiger partial charge in [0.05, 0.1) is 4.90 Å². The van der Waals surface area contributed by atoms with Crippen molar-refractivity contribution in [3.8, 4) is 11.1 Å². The second kappa shape index (κ2) is 7.66. The Morgan fingerprint density at radius 2 is 1.64 bits per heavy atom. The Labute approximate surface area is 149 Å². The van der Waals surface area contributed by atoms with Crippen LogP contribution in [0.4, 0.5) is 0 Å². The van der Waals surface area contributed by atoms with Crippen LogP contribution in [0.3, 0.4) is 0 Å². The van der Waals surface area contributed by atoms with Gasteiger partial charge in [0, 0.05) is 32.7 Å². The Balaban J connectivity index is 1.67. The van der Waals surface area contributed by atoms with Gasteiger partial charge in [-0.25, -0.2) is 0 Å². The van der Waals surface area contributed by atoms with Crippen LogP contribution in [0, 0.1) is 0 Å². The molecule has 5 nitrogen and oxygen atoms in total. The maximum absolute atomic E-state index is 11.1. The molecule has 1 saturated heterocycles. The average molecular weight is 360 g/mol. The highest BCUT2D eigenvalue weighted by Gasteiger charge is 2.13. The van der Waals surface area contributed by atoms with E-state index in [0.717, 1.165) is 50.3 Å². The number of piperazine rings is 1. The van der Waals surface area contributed by atoms with Gasteiger partial charge in [-0.1, -0.05) is 36.4 Å². The number of hydrogen-bond donors (Lipinski definition) is 1. The summed E-state index contributed by atoms with van der Waals surface area (Å²) in [6, 6.07) is 14.6. The Hall–Kier alpha value is -1.73. The molecular formula is C19H24N2O3S. The maximum Gasteiger partial charge on any atom is 0.294 e. The highest BCUT2D eigenvalue weighted by atomic mass is 32.2. The lowest BCUT2D eigenvalue weighted by atomic mass is 10.0. The lowest BCUT2D eigenvalue weighted by Gasteiger charge is -2.32. The van der Waals surface area contributed by atoms with Crippen molar-refractivity contribution in [1.82, 2.24) is 9.80 Å². The van der Waals surface area contributed by atoms with E-state index in [4.69, 9.17) is 4.55 Å². The number of hydrogen-bond acceptors (Lipinski definition) is 4. The third-order valence-electron chi connectivity index (χ3n) is 4.73. The molecule has 25 heavy (non-hydrogen) atoms. The second-order valence-corrected chi connectivity index (χ2v) is 8.02. The van der Waals surface area contributed by atoms with Gasteiger partial charge in [0.1, 0.15) is 0 Å². The number of rotatable bonds is 5. The summed E-state index contributed by atoms with van der Waals surface area (Å²) >= 11 is 0. The third kappa shape index (κ3) is 4.89. The van der Waals surface area contributed by atoms with Crippen LogP contribution in [-0.2, 0) is 16.5 Å². The van der Waals surface area contributed by atoms with E-state index in [1.54, 1.807) is 12.1 Å². The van der Waals surface area contributed by atoms with Crippen molar-refractivity contribution in [3.63, 3.8) is 0 Å². The van der Waals surface area contributed by atoms with Gasteiger partial charge in [-0.2, -0.15) is 8.42 Å². The molecule has 0 bridgehead atoms. The van der Waals surface area contributed by atoms with E-state index in [1.807, 2.05) is 12.1 Å². The molecule has 6 heteroatoms. The van der Waals surface area contributed by atoms with E-state index in [1.165, 1.54) is 17.7 Å². The zero-order valence-corrected chi connectivity index (χ0v) is 15.2. The SMILES string of the molecule is CN1CCN(CCc2cccc(-c3ccc(S(=O)(=O)O)cc3)c2)CC1. The quantitative estimate of drug-likeness (QED) is 0.830. The summed E-state index contributed by atoms with van der Waals surface area (Å²) in [7, 11) is -1.98. The van der Waals surface area contributed by atoms with E-state index in [2.05, 4.69) is 29.0 Å². The van der Waals surface area contributed by atoms with Gasteiger partial charge >= 0.3 is 0 Å². The number of likely N-dealkylation sites (N-methyl/N-ethyl adjacent to an activating group) is 1. The van der Waals surface area contributed by atoms with E-state index < -0.39 is 10.1 Å². The normalized spacial score (nSPS) is 16.9. The van der Waals surface area contributed by atoms with Crippen LogP contribution >= 0.6 is 0 Å². The smallest absolute Gasteiger partial charge is 0.294 e. The minimum Gasteiger partial charge on any atom is -0.304 e. The number of benzene rings is 2. The maximum atomic E-state index is 11.1. The van der Waals surface area contributed by atoms with Crippen LogP contribution in [0.1, 0.15) is 5.56 Å². The minimum atomic E-state index is -4.14. The highest BCUT2D eigenvalue weighted by molar-refractivity contribution is 7.85. The Bertz CT molecular complexity index is 811. The molecule has 0 unspecified atom stereocenters. The zero-order chi connectivity index (χ0) is 17.9. The predicted molar refractivity (Wildman–Crippen MR) is 99.3 cm³/mol. The van der Waals surface area contributed by atoms with Crippen LogP contribution in [0.15, 0.2) is 53.4 Å². The van der Waals surface area contributed by atoms with Crippen molar-refractivity contribution in [2.24, 2.45) is 0 Å². The van der Waals surface area contributed by atoms with Crippen molar-refractivity contribution in [2.45, 2.75) is 11.3 Å². The number of nitrogens with zero attached hydrogens (tertiary/aromatic N) is 2. The molecule has 0 radical (unpaired) electrons. The molecule has 134 valence electrons. The van der Waals surface area contributed by atoms with Crippen LogP contribution in [0.25, 0.3) is 11.1 Å². The van der Waals surface area contributed by atoms with Gasteiger partial charge in [0.2, 0.25) is 0 Å². The van der Waals surface area contributed by atoms with Crippen molar-refractivity contribution >= 4 is 10.1 Å².